The summed E-state index contributed by atoms with van der Waals surface area (Å²) < 4.78 is 13.1. The minimum absolute atomic E-state index is 0.261. The number of nitrogen functional groups attached to an aromatic ring is 1. The van der Waals surface area contributed by atoms with E-state index in [1.807, 2.05) is 47.9 Å². The highest BCUT2D eigenvalue weighted by Crippen LogP contribution is 2.33. The second-order valence-electron chi connectivity index (χ2n) is 5.57. The van der Waals surface area contributed by atoms with E-state index < -0.39 is 0 Å². The molecule has 6 heteroatoms. The van der Waals surface area contributed by atoms with Gasteiger partial charge in [0.05, 0.1) is 12.1 Å². The van der Waals surface area contributed by atoms with Crippen LogP contribution in [0.4, 0.5) is 5.82 Å². The molecule has 1 aliphatic heterocycles. The molecule has 1 aliphatic rings. The molecular formula is C17H15N3O2S. The van der Waals surface area contributed by atoms with Crippen molar-refractivity contribution in [3.8, 4) is 11.5 Å². The van der Waals surface area contributed by atoms with Crippen LogP contribution in [0, 0.1) is 11.7 Å². The number of ether oxygens (including phenoxy) is 2. The molecular weight excluding hydrogens is 310 g/mol. The van der Waals surface area contributed by atoms with Gasteiger partial charge in [-0.25, -0.2) is 4.98 Å². The van der Waals surface area contributed by atoms with Crippen molar-refractivity contribution in [2.24, 2.45) is 0 Å². The van der Waals surface area contributed by atoms with E-state index in [1.165, 1.54) is 0 Å². The summed E-state index contributed by atoms with van der Waals surface area (Å²) >= 11 is 5.41. The Hall–Kier alpha value is -2.60. The van der Waals surface area contributed by atoms with Gasteiger partial charge in [-0.3, -0.25) is 4.57 Å². The number of aromatic nitrogens is 2. The number of hydrogen-bond acceptors (Lipinski definition) is 5. The lowest BCUT2D eigenvalue weighted by molar-refractivity contribution is 0.174. The van der Waals surface area contributed by atoms with Crippen molar-refractivity contribution in [2.75, 3.05) is 12.5 Å². The van der Waals surface area contributed by atoms with E-state index in [4.69, 9.17) is 27.4 Å². The predicted octanol–water partition coefficient (Wildman–Crippen LogP) is 3.43. The summed E-state index contributed by atoms with van der Waals surface area (Å²) in [5.74, 6) is 2.14. The Morgan fingerprint density at radius 1 is 1.17 bits per heavy atom. The maximum absolute atomic E-state index is 6.35. The quantitative estimate of drug-likeness (QED) is 0.731. The number of rotatable bonds is 2. The maximum Gasteiger partial charge on any atom is 0.231 e. The monoisotopic (exact) mass is 325 g/mol. The van der Waals surface area contributed by atoms with Crippen LogP contribution in [0.15, 0.2) is 36.4 Å². The summed E-state index contributed by atoms with van der Waals surface area (Å²) in [6, 6.07) is 11.8. The fourth-order valence-electron chi connectivity index (χ4n) is 2.74. The highest BCUT2D eigenvalue weighted by atomic mass is 32.1. The average Bonchev–Trinajstić information content (AvgIpc) is 3.00. The van der Waals surface area contributed by atoms with Crippen molar-refractivity contribution in [3.63, 3.8) is 0 Å². The molecule has 0 saturated carbocycles. The molecule has 2 heterocycles. The normalized spacial score (nSPS) is 12.7. The van der Waals surface area contributed by atoms with Crippen molar-refractivity contribution in [1.29, 1.82) is 0 Å². The van der Waals surface area contributed by atoms with Crippen molar-refractivity contribution >= 4 is 28.9 Å². The first kappa shape index (κ1) is 14.0. The Labute approximate surface area is 138 Å². The third-order valence-corrected chi connectivity index (χ3v) is 4.26. The SMILES string of the molecule is Cc1ccc2nc(=S)n(Cc3ccc4c(c3)OCO4)c(N)c2c1. The number of nitrogens with two attached hydrogens (primary N) is 1. The van der Waals surface area contributed by atoms with E-state index >= 15 is 0 Å². The van der Waals surface area contributed by atoms with Gasteiger partial charge in [-0.2, -0.15) is 0 Å². The second-order valence-corrected chi connectivity index (χ2v) is 5.94. The van der Waals surface area contributed by atoms with Gasteiger partial charge in [0.1, 0.15) is 5.82 Å². The first-order valence-corrected chi connectivity index (χ1v) is 7.68. The highest BCUT2D eigenvalue weighted by Gasteiger charge is 2.14. The van der Waals surface area contributed by atoms with Gasteiger partial charge in [-0.15, -0.1) is 0 Å². The standard InChI is InChI=1S/C17H15N3O2S/c1-10-2-4-13-12(6-10)16(18)20(17(23)19-13)8-11-3-5-14-15(7-11)22-9-21-14/h2-7H,8-9,18H2,1H3. The zero-order chi connectivity index (χ0) is 16.0. The lowest BCUT2D eigenvalue weighted by atomic mass is 10.1. The Balaban J connectivity index is 1.81. The number of benzene rings is 2. The minimum Gasteiger partial charge on any atom is -0.454 e. The first-order chi connectivity index (χ1) is 11.1. The summed E-state index contributed by atoms with van der Waals surface area (Å²) in [6.07, 6.45) is 0. The molecule has 0 saturated heterocycles. The van der Waals surface area contributed by atoms with Gasteiger partial charge in [0.25, 0.3) is 0 Å². The summed E-state index contributed by atoms with van der Waals surface area (Å²) in [5, 5.41) is 0.916. The Bertz CT molecular complexity index is 981. The van der Waals surface area contributed by atoms with Crippen LogP contribution >= 0.6 is 12.2 Å². The molecule has 0 aliphatic carbocycles. The summed E-state index contributed by atoms with van der Waals surface area (Å²) in [4.78, 5) is 4.49. The lowest BCUT2D eigenvalue weighted by Gasteiger charge is -2.13. The van der Waals surface area contributed by atoms with Gasteiger partial charge < -0.3 is 15.2 Å². The zero-order valence-electron chi connectivity index (χ0n) is 12.6. The van der Waals surface area contributed by atoms with Gasteiger partial charge in [0, 0.05) is 5.39 Å². The van der Waals surface area contributed by atoms with Crippen LogP contribution < -0.4 is 15.2 Å². The van der Waals surface area contributed by atoms with Crippen molar-refractivity contribution in [1.82, 2.24) is 9.55 Å². The van der Waals surface area contributed by atoms with E-state index in [0.29, 0.717) is 17.1 Å². The second kappa shape index (κ2) is 5.24. The molecule has 2 N–H and O–H groups in total. The van der Waals surface area contributed by atoms with E-state index in [-0.39, 0.29) is 6.79 Å². The van der Waals surface area contributed by atoms with E-state index in [0.717, 1.165) is 33.5 Å². The Kier molecular flexibility index (Phi) is 3.20. The van der Waals surface area contributed by atoms with Gasteiger partial charge >= 0.3 is 0 Å². The number of nitrogens with zero attached hydrogens (tertiary/aromatic N) is 2. The molecule has 1 aromatic heterocycles. The summed E-state index contributed by atoms with van der Waals surface area (Å²) in [6.45, 7) is 2.83. The van der Waals surface area contributed by atoms with Crippen LogP contribution in [0.1, 0.15) is 11.1 Å². The van der Waals surface area contributed by atoms with E-state index in [1.54, 1.807) is 0 Å². The molecule has 4 rings (SSSR count). The molecule has 0 atom stereocenters. The molecule has 23 heavy (non-hydrogen) atoms. The minimum atomic E-state index is 0.261. The van der Waals surface area contributed by atoms with E-state index in [9.17, 15) is 0 Å². The summed E-state index contributed by atoms with van der Waals surface area (Å²) in [7, 11) is 0. The molecule has 0 fully saturated rings. The molecule has 2 aromatic carbocycles. The van der Waals surface area contributed by atoms with Gasteiger partial charge in [0.2, 0.25) is 11.6 Å². The predicted molar refractivity (Wildman–Crippen MR) is 91.4 cm³/mol. The van der Waals surface area contributed by atoms with Gasteiger partial charge in [0.15, 0.2) is 11.5 Å². The number of fused-ring (bicyclic) bond motifs is 2. The fraction of sp³-hybridized carbons (Fsp3) is 0.176. The number of hydrogen-bond donors (Lipinski definition) is 1. The van der Waals surface area contributed by atoms with Crippen LogP contribution in [0.25, 0.3) is 10.9 Å². The number of anilines is 1. The van der Waals surface area contributed by atoms with Crippen molar-refractivity contribution in [3.05, 3.63) is 52.3 Å². The van der Waals surface area contributed by atoms with E-state index in [2.05, 4.69) is 4.98 Å². The summed E-state index contributed by atoms with van der Waals surface area (Å²) in [5.41, 5.74) is 9.34. The number of aryl methyl sites for hydroxylation is 1. The fourth-order valence-corrected chi connectivity index (χ4v) is 3.00. The van der Waals surface area contributed by atoms with Crippen LogP contribution in [0.5, 0.6) is 11.5 Å². The third-order valence-electron chi connectivity index (χ3n) is 3.94. The molecule has 3 aromatic rings. The van der Waals surface area contributed by atoms with Crippen LogP contribution in [0.2, 0.25) is 0 Å². The largest absolute Gasteiger partial charge is 0.454 e. The van der Waals surface area contributed by atoms with Crippen LogP contribution in [-0.2, 0) is 6.54 Å². The lowest BCUT2D eigenvalue weighted by Crippen LogP contribution is -2.10. The molecule has 5 nitrogen and oxygen atoms in total. The molecule has 0 radical (unpaired) electrons. The Morgan fingerprint density at radius 3 is 2.87 bits per heavy atom. The van der Waals surface area contributed by atoms with Gasteiger partial charge in [-0.05, 0) is 49.0 Å². The molecule has 0 spiro atoms. The van der Waals surface area contributed by atoms with Crippen molar-refractivity contribution in [2.45, 2.75) is 13.5 Å². The molecule has 0 amide bonds. The average molecular weight is 325 g/mol. The topological polar surface area (TPSA) is 62.3 Å². The molecule has 116 valence electrons. The smallest absolute Gasteiger partial charge is 0.231 e. The zero-order valence-corrected chi connectivity index (χ0v) is 13.4. The Morgan fingerprint density at radius 2 is 2.00 bits per heavy atom. The third kappa shape index (κ3) is 2.41. The maximum atomic E-state index is 6.35. The first-order valence-electron chi connectivity index (χ1n) is 7.27. The van der Waals surface area contributed by atoms with Crippen molar-refractivity contribution < 1.29 is 9.47 Å². The van der Waals surface area contributed by atoms with Crippen LogP contribution in [0.3, 0.4) is 0 Å². The molecule has 0 bridgehead atoms. The molecule has 0 unspecified atom stereocenters. The highest BCUT2D eigenvalue weighted by molar-refractivity contribution is 7.71. The van der Waals surface area contributed by atoms with Gasteiger partial charge in [-0.1, -0.05) is 17.7 Å². The van der Waals surface area contributed by atoms with Crippen LogP contribution in [-0.4, -0.2) is 16.3 Å².